The molecule has 0 aliphatic rings. The molecule has 152 valence electrons. The van der Waals surface area contributed by atoms with Gasteiger partial charge in [-0.25, -0.2) is 14.4 Å². The van der Waals surface area contributed by atoms with Crippen molar-refractivity contribution in [3.8, 4) is 0 Å². The molecule has 0 saturated carbocycles. The molecule has 0 unspecified atom stereocenters. The third kappa shape index (κ3) is 5.55. The first-order valence-electron chi connectivity index (χ1n) is 8.42. The van der Waals surface area contributed by atoms with E-state index in [0.717, 1.165) is 0 Å². The molecule has 0 aromatic heterocycles. The molecule has 0 spiro atoms. The molecule has 9 nitrogen and oxygen atoms in total. The van der Waals surface area contributed by atoms with Gasteiger partial charge in [-0.1, -0.05) is 0 Å². The molecule has 2 N–H and O–H groups in total. The Morgan fingerprint density at radius 3 is 1.90 bits per heavy atom. The maximum absolute atomic E-state index is 12.3. The molecule has 0 bridgehead atoms. The summed E-state index contributed by atoms with van der Waals surface area (Å²) in [6.07, 6.45) is 0. The fraction of sp³-hybridized carbons (Fsp3) is 0.200. The number of amides is 1. The van der Waals surface area contributed by atoms with E-state index in [1.807, 2.05) is 0 Å². The second kappa shape index (κ2) is 9.88. The molecule has 0 heterocycles. The van der Waals surface area contributed by atoms with Crippen LogP contribution in [0.5, 0.6) is 0 Å². The SMILES string of the molecule is COC(=O)c1ccc(NCC(=O)Nc2cc(C(=O)OC)ccc2C(=O)OC)cc1. The lowest BCUT2D eigenvalue weighted by atomic mass is 10.1. The molecule has 0 saturated heterocycles. The smallest absolute Gasteiger partial charge is 0.339 e. The van der Waals surface area contributed by atoms with Crippen LogP contribution in [-0.2, 0) is 19.0 Å². The fourth-order valence-corrected chi connectivity index (χ4v) is 2.40. The van der Waals surface area contributed by atoms with Gasteiger partial charge in [0.1, 0.15) is 0 Å². The van der Waals surface area contributed by atoms with Crippen LogP contribution >= 0.6 is 0 Å². The summed E-state index contributed by atoms with van der Waals surface area (Å²) in [5.41, 5.74) is 1.36. The van der Waals surface area contributed by atoms with E-state index in [-0.39, 0.29) is 23.4 Å². The lowest BCUT2D eigenvalue weighted by Crippen LogP contribution is -2.23. The molecule has 9 heteroatoms. The van der Waals surface area contributed by atoms with Crippen LogP contribution in [0.4, 0.5) is 11.4 Å². The highest BCUT2D eigenvalue weighted by Crippen LogP contribution is 2.20. The van der Waals surface area contributed by atoms with E-state index in [2.05, 4.69) is 20.1 Å². The Labute approximate surface area is 166 Å². The fourth-order valence-electron chi connectivity index (χ4n) is 2.40. The first-order valence-corrected chi connectivity index (χ1v) is 8.42. The summed E-state index contributed by atoms with van der Waals surface area (Å²) in [7, 11) is 3.72. The lowest BCUT2D eigenvalue weighted by molar-refractivity contribution is -0.114. The Morgan fingerprint density at radius 2 is 1.31 bits per heavy atom. The van der Waals surface area contributed by atoms with Gasteiger partial charge in [-0.15, -0.1) is 0 Å². The third-order valence-electron chi connectivity index (χ3n) is 3.88. The minimum Gasteiger partial charge on any atom is -0.465 e. The van der Waals surface area contributed by atoms with Crippen LogP contribution < -0.4 is 10.6 Å². The number of benzene rings is 2. The summed E-state index contributed by atoms with van der Waals surface area (Å²) in [5.74, 6) is -2.20. The van der Waals surface area contributed by atoms with Crippen LogP contribution in [0.1, 0.15) is 31.1 Å². The van der Waals surface area contributed by atoms with Crippen LogP contribution in [0.3, 0.4) is 0 Å². The largest absolute Gasteiger partial charge is 0.465 e. The first-order chi connectivity index (χ1) is 13.9. The number of anilines is 2. The van der Waals surface area contributed by atoms with E-state index in [9.17, 15) is 19.2 Å². The van der Waals surface area contributed by atoms with Gasteiger partial charge < -0.3 is 24.8 Å². The van der Waals surface area contributed by atoms with E-state index in [1.165, 1.54) is 39.5 Å². The van der Waals surface area contributed by atoms with Gasteiger partial charge in [-0.2, -0.15) is 0 Å². The molecule has 0 fully saturated rings. The van der Waals surface area contributed by atoms with E-state index in [1.54, 1.807) is 24.3 Å². The molecular weight excluding hydrogens is 380 g/mol. The van der Waals surface area contributed by atoms with Gasteiger partial charge in [0.25, 0.3) is 0 Å². The maximum Gasteiger partial charge on any atom is 0.339 e. The lowest BCUT2D eigenvalue weighted by Gasteiger charge is -2.12. The summed E-state index contributed by atoms with van der Waals surface area (Å²) >= 11 is 0. The number of carbonyl (C=O) groups excluding carboxylic acids is 4. The number of nitrogens with one attached hydrogen (secondary N) is 2. The Hall–Kier alpha value is -3.88. The molecule has 29 heavy (non-hydrogen) atoms. The van der Waals surface area contributed by atoms with Gasteiger partial charge in [0.15, 0.2) is 0 Å². The highest BCUT2D eigenvalue weighted by Gasteiger charge is 2.17. The highest BCUT2D eigenvalue weighted by atomic mass is 16.5. The van der Waals surface area contributed by atoms with E-state index in [4.69, 9.17) is 4.74 Å². The monoisotopic (exact) mass is 400 g/mol. The van der Waals surface area contributed by atoms with Crippen LogP contribution in [0, 0.1) is 0 Å². The van der Waals surface area contributed by atoms with Gasteiger partial charge in [0.05, 0.1) is 50.3 Å². The van der Waals surface area contributed by atoms with Crippen LogP contribution in [-0.4, -0.2) is 51.7 Å². The molecule has 2 rings (SSSR count). The molecule has 0 atom stereocenters. The van der Waals surface area contributed by atoms with Crippen molar-refractivity contribution in [3.63, 3.8) is 0 Å². The Kier molecular flexibility index (Phi) is 7.30. The predicted octanol–water partition coefficient (Wildman–Crippen LogP) is 2.10. The van der Waals surface area contributed by atoms with Gasteiger partial charge >= 0.3 is 17.9 Å². The molecule has 0 aliphatic heterocycles. The molecular formula is C20H20N2O7. The standard InChI is InChI=1S/C20H20N2O7/c1-27-18(24)12-4-7-14(8-5-12)21-11-17(23)22-16-10-13(19(25)28-2)6-9-15(16)20(26)29-3/h4-10,21H,11H2,1-3H3,(H,22,23). The minimum atomic E-state index is -0.664. The van der Waals surface area contributed by atoms with Crippen molar-refractivity contribution in [3.05, 3.63) is 59.2 Å². The minimum absolute atomic E-state index is 0.0935. The Morgan fingerprint density at radius 1 is 0.759 bits per heavy atom. The van der Waals surface area contributed by atoms with Crippen LogP contribution in [0.15, 0.2) is 42.5 Å². The summed E-state index contributed by atoms with van der Waals surface area (Å²) in [6.45, 7) is -0.124. The van der Waals surface area contributed by atoms with Gasteiger partial charge in [-0.05, 0) is 42.5 Å². The predicted molar refractivity (Wildman–Crippen MR) is 104 cm³/mol. The number of carbonyl (C=O) groups is 4. The van der Waals surface area contributed by atoms with Crippen molar-refractivity contribution in [2.24, 2.45) is 0 Å². The summed E-state index contributed by atoms with van der Waals surface area (Å²) in [4.78, 5) is 47.4. The van der Waals surface area contributed by atoms with E-state index < -0.39 is 23.8 Å². The van der Waals surface area contributed by atoms with E-state index in [0.29, 0.717) is 11.3 Å². The number of ether oxygens (including phenoxy) is 3. The normalized spacial score (nSPS) is 9.90. The van der Waals surface area contributed by atoms with Gasteiger partial charge in [-0.3, -0.25) is 4.79 Å². The van der Waals surface area contributed by atoms with Crippen molar-refractivity contribution < 1.29 is 33.4 Å². The van der Waals surface area contributed by atoms with Crippen molar-refractivity contribution >= 4 is 35.2 Å². The van der Waals surface area contributed by atoms with Crippen molar-refractivity contribution in [1.82, 2.24) is 0 Å². The average Bonchev–Trinajstić information content (AvgIpc) is 2.76. The summed E-state index contributed by atoms with van der Waals surface area (Å²) in [6, 6.07) is 10.5. The Balaban J connectivity index is 2.09. The average molecular weight is 400 g/mol. The topological polar surface area (TPSA) is 120 Å². The van der Waals surface area contributed by atoms with Crippen molar-refractivity contribution in [1.29, 1.82) is 0 Å². The van der Waals surface area contributed by atoms with Gasteiger partial charge in [0.2, 0.25) is 5.91 Å². The van der Waals surface area contributed by atoms with E-state index >= 15 is 0 Å². The molecule has 2 aromatic carbocycles. The van der Waals surface area contributed by atoms with Gasteiger partial charge in [0, 0.05) is 5.69 Å². The van der Waals surface area contributed by atoms with Crippen LogP contribution in [0.25, 0.3) is 0 Å². The molecule has 0 aliphatic carbocycles. The number of esters is 3. The third-order valence-corrected chi connectivity index (χ3v) is 3.88. The number of rotatable bonds is 7. The molecule has 1 amide bonds. The quantitative estimate of drug-likeness (QED) is 0.536. The van der Waals surface area contributed by atoms with Crippen molar-refractivity contribution in [2.45, 2.75) is 0 Å². The number of hydrogen-bond donors (Lipinski definition) is 2. The highest BCUT2D eigenvalue weighted by molar-refractivity contribution is 6.04. The zero-order valence-electron chi connectivity index (χ0n) is 16.1. The summed E-state index contributed by atoms with van der Waals surface area (Å²) < 4.78 is 14.0. The zero-order chi connectivity index (χ0) is 21.4. The number of methoxy groups -OCH3 is 3. The second-order valence-corrected chi connectivity index (χ2v) is 5.71. The van der Waals surface area contributed by atoms with Crippen molar-refractivity contribution in [2.75, 3.05) is 38.5 Å². The maximum atomic E-state index is 12.3. The van der Waals surface area contributed by atoms with Crippen LogP contribution in [0.2, 0.25) is 0 Å². The first kappa shape index (κ1) is 21.4. The summed E-state index contributed by atoms with van der Waals surface area (Å²) in [5, 5.41) is 5.46. The second-order valence-electron chi connectivity index (χ2n) is 5.71. The number of hydrogen-bond acceptors (Lipinski definition) is 8. The zero-order valence-corrected chi connectivity index (χ0v) is 16.1. The molecule has 2 aromatic rings. The Bertz CT molecular complexity index is 923. The molecule has 0 radical (unpaired) electrons.